The summed E-state index contributed by atoms with van der Waals surface area (Å²) in [5.41, 5.74) is 12.7. The number of hydrogen-bond acceptors (Lipinski definition) is 0. The number of fused-ring (bicyclic) bond motifs is 6. The van der Waals surface area contributed by atoms with Gasteiger partial charge in [0.15, 0.2) is 0 Å². The van der Waals surface area contributed by atoms with E-state index in [-0.39, 0.29) is 0 Å². The molecule has 1 N–H and O–H groups in total. The number of H-pyrrole nitrogens is 1. The first-order valence-electron chi connectivity index (χ1n) is 12.1. The van der Waals surface area contributed by atoms with Crippen LogP contribution in [-0.4, -0.2) is 4.98 Å². The van der Waals surface area contributed by atoms with Crippen molar-refractivity contribution < 1.29 is 0 Å². The van der Waals surface area contributed by atoms with Gasteiger partial charge >= 0.3 is 0 Å². The van der Waals surface area contributed by atoms with Crippen LogP contribution in [0.4, 0.5) is 0 Å². The minimum atomic E-state index is 1.18. The Morgan fingerprint density at radius 3 is 1.80 bits per heavy atom. The van der Waals surface area contributed by atoms with Gasteiger partial charge in [-0.2, -0.15) is 0 Å². The maximum absolute atomic E-state index is 3.67. The summed E-state index contributed by atoms with van der Waals surface area (Å²) >= 11 is 0. The first kappa shape index (κ1) is 18.8. The lowest BCUT2D eigenvalue weighted by Gasteiger charge is -2.12. The first-order chi connectivity index (χ1) is 17.4. The molecule has 0 fully saturated rings. The van der Waals surface area contributed by atoms with E-state index < -0.39 is 0 Å². The Kier molecular flexibility index (Phi) is 3.72. The highest BCUT2D eigenvalue weighted by atomic mass is 14.7. The van der Waals surface area contributed by atoms with Gasteiger partial charge in [0.05, 0.1) is 5.52 Å². The van der Waals surface area contributed by atoms with E-state index >= 15 is 0 Å². The van der Waals surface area contributed by atoms with Crippen molar-refractivity contribution in [3.63, 3.8) is 0 Å². The number of para-hydroxylation sites is 2. The summed E-state index contributed by atoms with van der Waals surface area (Å²) < 4.78 is 0. The second-order valence-corrected chi connectivity index (χ2v) is 9.41. The third-order valence-electron chi connectivity index (χ3n) is 7.57. The van der Waals surface area contributed by atoms with Gasteiger partial charge in [0.25, 0.3) is 0 Å². The fraction of sp³-hybridized carbons (Fsp3) is 0. The van der Waals surface area contributed by atoms with Crippen LogP contribution in [0.2, 0.25) is 0 Å². The lowest BCUT2D eigenvalue weighted by Crippen LogP contribution is -1.86. The highest BCUT2D eigenvalue weighted by molar-refractivity contribution is 6.19. The molecule has 0 saturated heterocycles. The zero-order chi connectivity index (χ0) is 22.9. The molecule has 1 nitrogen and oxygen atoms in total. The number of nitrogens with one attached hydrogen (secondary N) is 1. The number of aromatic amines is 1. The molecule has 7 aromatic rings. The number of hydrogen-bond donors (Lipinski definition) is 1. The number of aromatic nitrogens is 1. The zero-order valence-electron chi connectivity index (χ0n) is 19.0. The van der Waals surface area contributed by atoms with E-state index in [9.17, 15) is 0 Å². The molecule has 0 aliphatic heterocycles. The number of rotatable bonds is 2. The van der Waals surface area contributed by atoms with Gasteiger partial charge < -0.3 is 4.98 Å². The standard InChI is InChI=1S/C34H21N/c1-2-11-26-25(10-1)29-15-7-14-28-23(18-19-30(26)33(28)29)21-8-5-9-22(20-21)24-13-6-16-31-27-12-3-4-17-32(27)35-34(24)31/h1-20,35H. The Bertz CT molecular complexity index is 1920. The van der Waals surface area contributed by atoms with Crippen LogP contribution in [-0.2, 0) is 0 Å². The van der Waals surface area contributed by atoms with E-state index in [4.69, 9.17) is 0 Å². The van der Waals surface area contributed by atoms with Crippen LogP contribution in [0.25, 0.3) is 77.1 Å². The van der Waals surface area contributed by atoms with Crippen LogP contribution >= 0.6 is 0 Å². The normalized spacial score (nSPS) is 12.0. The smallest absolute Gasteiger partial charge is 0.0544 e. The molecule has 0 atom stereocenters. The molecule has 162 valence electrons. The van der Waals surface area contributed by atoms with Gasteiger partial charge in [-0.25, -0.2) is 0 Å². The fourth-order valence-corrected chi connectivity index (χ4v) is 6.03. The minimum Gasteiger partial charge on any atom is -0.354 e. The molecule has 0 radical (unpaired) electrons. The van der Waals surface area contributed by atoms with Gasteiger partial charge in [-0.05, 0) is 61.8 Å². The topological polar surface area (TPSA) is 15.8 Å². The van der Waals surface area contributed by atoms with E-state index in [0.29, 0.717) is 0 Å². The third-order valence-corrected chi connectivity index (χ3v) is 7.57. The van der Waals surface area contributed by atoms with Crippen molar-refractivity contribution in [2.75, 3.05) is 0 Å². The summed E-state index contributed by atoms with van der Waals surface area (Å²) in [5, 5.41) is 5.23. The van der Waals surface area contributed by atoms with Gasteiger partial charge in [0.1, 0.15) is 0 Å². The van der Waals surface area contributed by atoms with Crippen molar-refractivity contribution in [3.05, 3.63) is 121 Å². The van der Waals surface area contributed by atoms with E-state index in [1.165, 1.54) is 77.1 Å². The van der Waals surface area contributed by atoms with Crippen molar-refractivity contribution in [2.24, 2.45) is 0 Å². The molecule has 0 saturated carbocycles. The maximum atomic E-state index is 3.67. The molecule has 1 heterocycles. The monoisotopic (exact) mass is 443 g/mol. The molecule has 1 aliphatic rings. The van der Waals surface area contributed by atoms with Gasteiger partial charge in [0.2, 0.25) is 0 Å². The molecule has 1 heteroatoms. The largest absolute Gasteiger partial charge is 0.354 e. The molecule has 6 aromatic carbocycles. The molecule has 1 aromatic heterocycles. The molecule has 0 spiro atoms. The van der Waals surface area contributed by atoms with E-state index in [1.807, 2.05) is 0 Å². The van der Waals surface area contributed by atoms with E-state index in [1.54, 1.807) is 0 Å². The predicted molar refractivity (Wildman–Crippen MR) is 149 cm³/mol. The Morgan fingerprint density at radius 1 is 0.371 bits per heavy atom. The second kappa shape index (κ2) is 6.94. The molecule has 1 aliphatic carbocycles. The number of benzene rings is 6. The van der Waals surface area contributed by atoms with Crippen molar-refractivity contribution in [1.82, 2.24) is 4.98 Å². The van der Waals surface area contributed by atoms with Gasteiger partial charge in [-0.1, -0.05) is 109 Å². The molecule has 8 rings (SSSR count). The van der Waals surface area contributed by atoms with Crippen LogP contribution < -0.4 is 0 Å². The maximum Gasteiger partial charge on any atom is 0.0544 e. The zero-order valence-corrected chi connectivity index (χ0v) is 19.0. The Balaban J connectivity index is 1.34. The van der Waals surface area contributed by atoms with Gasteiger partial charge in [-0.3, -0.25) is 0 Å². The lowest BCUT2D eigenvalue weighted by atomic mass is 9.92. The Morgan fingerprint density at radius 2 is 0.943 bits per heavy atom. The summed E-state index contributed by atoms with van der Waals surface area (Å²) in [7, 11) is 0. The van der Waals surface area contributed by atoms with Crippen LogP contribution in [0.1, 0.15) is 0 Å². The predicted octanol–water partition coefficient (Wildman–Crippen LogP) is 9.46. The first-order valence-corrected chi connectivity index (χ1v) is 12.1. The van der Waals surface area contributed by atoms with E-state index in [0.717, 1.165) is 0 Å². The van der Waals surface area contributed by atoms with Gasteiger partial charge in [0, 0.05) is 21.9 Å². The molecule has 35 heavy (non-hydrogen) atoms. The van der Waals surface area contributed by atoms with Crippen molar-refractivity contribution in [2.45, 2.75) is 0 Å². The third kappa shape index (κ3) is 2.58. The summed E-state index contributed by atoms with van der Waals surface area (Å²) in [6.45, 7) is 0. The summed E-state index contributed by atoms with van der Waals surface area (Å²) in [5.74, 6) is 0. The summed E-state index contributed by atoms with van der Waals surface area (Å²) in [4.78, 5) is 3.67. The van der Waals surface area contributed by atoms with Crippen LogP contribution in [0, 0.1) is 0 Å². The summed E-state index contributed by atoms with van der Waals surface area (Å²) in [6.07, 6.45) is 0. The fourth-order valence-electron chi connectivity index (χ4n) is 6.03. The Hall–Kier alpha value is -4.62. The van der Waals surface area contributed by atoms with Crippen LogP contribution in [0.5, 0.6) is 0 Å². The highest BCUT2D eigenvalue weighted by Gasteiger charge is 2.22. The van der Waals surface area contributed by atoms with Gasteiger partial charge in [-0.15, -0.1) is 0 Å². The average molecular weight is 444 g/mol. The van der Waals surface area contributed by atoms with Crippen molar-refractivity contribution in [1.29, 1.82) is 0 Å². The molecular formula is C34H21N. The molecule has 0 unspecified atom stereocenters. The molecular weight excluding hydrogens is 422 g/mol. The van der Waals surface area contributed by atoms with Crippen LogP contribution in [0.3, 0.4) is 0 Å². The minimum absolute atomic E-state index is 1.18. The Labute approximate surface area is 203 Å². The lowest BCUT2D eigenvalue weighted by molar-refractivity contribution is 1.53. The van der Waals surface area contributed by atoms with E-state index in [2.05, 4.69) is 126 Å². The van der Waals surface area contributed by atoms with Crippen LogP contribution in [0.15, 0.2) is 121 Å². The summed E-state index contributed by atoms with van der Waals surface area (Å²) in [6, 6.07) is 44.2. The second-order valence-electron chi connectivity index (χ2n) is 9.41. The average Bonchev–Trinajstić information content (AvgIpc) is 3.46. The quantitative estimate of drug-likeness (QED) is 0.274. The SMILES string of the molecule is c1cc(-c2ccc3c4c(cccc24)-c2ccccc2-3)cc(-c2cccc3c2[nH]c2ccccc23)c1. The highest BCUT2D eigenvalue weighted by Crippen LogP contribution is 2.49. The molecule has 0 amide bonds. The van der Waals surface area contributed by atoms with Crippen molar-refractivity contribution >= 4 is 32.6 Å². The van der Waals surface area contributed by atoms with Crippen molar-refractivity contribution in [3.8, 4) is 44.5 Å². The molecule has 0 bridgehead atoms.